The summed E-state index contributed by atoms with van der Waals surface area (Å²) in [7, 11) is 3.44. The van der Waals surface area contributed by atoms with E-state index >= 15 is 0 Å². The number of rotatable bonds is 4. The number of hydrogen-bond donors (Lipinski definition) is 1. The molecule has 1 N–H and O–H groups in total. The number of guanidine groups is 1. The first-order chi connectivity index (χ1) is 11.0. The lowest BCUT2D eigenvalue weighted by Crippen LogP contribution is -2.53. The number of aliphatic imine (C=N–C) groups is 1. The molecular weight excluding hydrogens is 360 g/mol. The summed E-state index contributed by atoms with van der Waals surface area (Å²) in [6.45, 7) is 8.80. The van der Waals surface area contributed by atoms with Crippen molar-refractivity contribution in [2.24, 2.45) is 10.9 Å². The quantitative estimate of drug-likeness (QED) is 0.628. The number of methoxy groups -OCH3 is 1. The van der Waals surface area contributed by atoms with E-state index in [-0.39, 0.29) is 0 Å². The summed E-state index contributed by atoms with van der Waals surface area (Å²) in [4.78, 5) is 17.6. The monoisotopic (exact) mass is 384 g/mol. The van der Waals surface area contributed by atoms with Crippen LogP contribution in [0.4, 0.5) is 5.95 Å². The van der Waals surface area contributed by atoms with E-state index in [1.165, 1.54) is 0 Å². The third kappa shape index (κ3) is 4.70. The van der Waals surface area contributed by atoms with Crippen molar-refractivity contribution >= 4 is 27.8 Å². The Kier molecular flexibility index (Phi) is 6.44. The van der Waals surface area contributed by atoms with Gasteiger partial charge in [0.2, 0.25) is 11.8 Å². The normalized spacial score (nSPS) is 16.0. The van der Waals surface area contributed by atoms with Crippen LogP contribution >= 0.6 is 15.9 Å². The van der Waals surface area contributed by atoms with Crippen LogP contribution < -0.4 is 15.0 Å². The molecule has 2 rings (SSSR count). The summed E-state index contributed by atoms with van der Waals surface area (Å²) >= 11 is 3.38. The minimum absolute atomic E-state index is 0.562. The molecule has 0 aromatic carbocycles. The minimum atomic E-state index is 0.562. The molecule has 1 fully saturated rings. The van der Waals surface area contributed by atoms with Crippen molar-refractivity contribution in [2.75, 3.05) is 51.8 Å². The third-order valence-electron chi connectivity index (χ3n) is 3.63. The van der Waals surface area contributed by atoms with Crippen molar-refractivity contribution in [3.63, 3.8) is 0 Å². The molecule has 1 aromatic rings. The van der Waals surface area contributed by atoms with Crippen molar-refractivity contribution in [1.82, 2.24) is 20.2 Å². The second kappa shape index (κ2) is 8.33. The second-order valence-electron chi connectivity index (χ2n) is 5.82. The zero-order chi connectivity index (χ0) is 16.8. The van der Waals surface area contributed by atoms with Crippen LogP contribution in [0.25, 0.3) is 0 Å². The van der Waals surface area contributed by atoms with Gasteiger partial charge in [-0.2, -0.15) is 4.98 Å². The summed E-state index contributed by atoms with van der Waals surface area (Å²) < 4.78 is 6.01. The van der Waals surface area contributed by atoms with Gasteiger partial charge in [0.05, 0.1) is 17.8 Å². The fourth-order valence-corrected chi connectivity index (χ4v) is 2.74. The Bertz CT molecular complexity index is 543. The molecule has 1 aliphatic rings. The Morgan fingerprint density at radius 3 is 2.65 bits per heavy atom. The number of ether oxygens (including phenoxy) is 1. The molecule has 128 valence electrons. The molecule has 0 amide bonds. The van der Waals surface area contributed by atoms with E-state index in [9.17, 15) is 0 Å². The van der Waals surface area contributed by atoms with E-state index in [4.69, 9.17) is 4.74 Å². The van der Waals surface area contributed by atoms with Crippen LogP contribution in [0.2, 0.25) is 0 Å². The van der Waals surface area contributed by atoms with Crippen molar-refractivity contribution < 1.29 is 4.74 Å². The first kappa shape index (κ1) is 17.8. The average molecular weight is 385 g/mol. The Morgan fingerprint density at radius 2 is 2.09 bits per heavy atom. The smallest absolute Gasteiger partial charge is 0.232 e. The summed E-state index contributed by atoms with van der Waals surface area (Å²) in [6.07, 6.45) is 1.73. The molecule has 1 saturated heterocycles. The molecule has 0 spiro atoms. The van der Waals surface area contributed by atoms with Crippen LogP contribution in [0.1, 0.15) is 13.8 Å². The molecule has 0 unspecified atom stereocenters. The SMILES string of the molecule is CN=C(NCC(C)C)N1CCN(c2ncc(Br)c(OC)n2)CC1. The molecule has 0 radical (unpaired) electrons. The summed E-state index contributed by atoms with van der Waals surface area (Å²) in [5.74, 6) is 2.82. The fraction of sp³-hybridized carbons (Fsp3) is 0.667. The van der Waals surface area contributed by atoms with Gasteiger partial charge in [0.25, 0.3) is 0 Å². The first-order valence-electron chi connectivity index (χ1n) is 7.82. The molecule has 0 bridgehead atoms. The van der Waals surface area contributed by atoms with Gasteiger partial charge in [-0.05, 0) is 21.8 Å². The van der Waals surface area contributed by atoms with Gasteiger partial charge >= 0.3 is 0 Å². The van der Waals surface area contributed by atoms with Crippen LogP contribution in [0, 0.1) is 5.92 Å². The topological polar surface area (TPSA) is 65.9 Å². The van der Waals surface area contributed by atoms with Crippen LogP contribution in [0.15, 0.2) is 15.7 Å². The zero-order valence-electron chi connectivity index (χ0n) is 14.2. The standard InChI is InChI=1S/C15H25BrN6O/c1-11(2)9-18-14(17-3)21-5-7-22(8-6-21)15-19-10-12(16)13(20-15)23-4/h10-11H,5-9H2,1-4H3,(H,17,18). The van der Waals surface area contributed by atoms with Crippen LogP contribution in [0.5, 0.6) is 5.88 Å². The predicted octanol–water partition coefficient (Wildman–Crippen LogP) is 1.60. The number of aromatic nitrogens is 2. The second-order valence-corrected chi connectivity index (χ2v) is 6.68. The maximum atomic E-state index is 5.24. The number of nitrogens with zero attached hydrogens (tertiary/aromatic N) is 5. The first-order valence-corrected chi connectivity index (χ1v) is 8.61. The molecule has 0 aliphatic carbocycles. The highest BCUT2D eigenvalue weighted by Gasteiger charge is 2.22. The highest BCUT2D eigenvalue weighted by Crippen LogP contribution is 2.23. The van der Waals surface area contributed by atoms with E-state index in [2.05, 4.69) is 59.9 Å². The molecule has 0 atom stereocenters. The van der Waals surface area contributed by atoms with Gasteiger partial charge in [0.1, 0.15) is 0 Å². The lowest BCUT2D eigenvalue weighted by atomic mass is 10.2. The van der Waals surface area contributed by atoms with Crippen LogP contribution in [-0.4, -0.2) is 67.7 Å². The van der Waals surface area contributed by atoms with Crippen molar-refractivity contribution in [3.05, 3.63) is 10.7 Å². The Hall–Kier alpha value is -1.57. The van der Waals surface area contributed by atoms with E-state index in [1.54, 1.807) is 13.3 Å². The number of hydrogen-bond acceptors (Lipinski definition) is 5. The number of anilines is 1. The lowest BCUT2D eigenvalue weighted by molar-refractivity contribution is 0.364. The van der Waals surface area contributed by atoms with Crippen LogP contribution in [0.3, 0.4) is 0 Å². The average Bonchev–Trinajstić information content (AvgIpc) is 2.56. The highest BCUT2D eigenvalue weighted by molar-refractivity contribution is 9.10. The third-order valence-corrected chi connectivity index (χ3v) is 4.18. The molecule has 1 aromatic heterocycles. The Morgan fingerprint density at radius 1 is 1.39 bits per heavy atom. The van der Waals surface area contributed by atoms with Gasteiger partial charge in [-0.1, -0.05) is 13.8 Å². The molecule has 23 heavy (non-hydrogen) atoms. The molecular formula is C15H25BrN6O. The molecule has 7 nitrogen and oxygen atoms in total. The van der Waals surface area contributed by atoms with Gasteiger partial charge < -0.3 is 19.9 Å². The largest absolute Gasteiger partial charge is 0.480 e. The maximum Gasteiger partial charge on any atom is 0.232 e. The number of halogens is 1. The van der Waals surface area contributed by atoms with Gasteiger partial charge in [-0.3, -0.25) is 4.99 Å². The maximum absolute atomic E-state index is 5.24. The Balaban J connectivity index is 1.95. The highest BCUT2D eigenvalue weighted by atomic mass is 79.9. The fourth-order valence-electron chi connectivity index (χ4n) is 2.38. The summed E-state index contributed by atoms with van der Waals surface area (Å²) in [5, 5.41) is 3.42. The van der Waals surface area contributed by atoms with Crippen molar-refractivity contribution in [1.29, 1.82) is 0 Å². The Labute approximate surface area is 146 Å². The lowest BCUT2D eigenvalue weighted by Gasteiger charge is -2.36. The van der Waals surface area contributed by atoms with E-state index in [1.807, 2.05) is 7.05 Å². The van der Waals surface area contributed by atoms with Crippen molar-refractivity contribution in [3.8, 4) is 5.88 Å². The predicted molar refractivity (Wildman–Crippen MR) is 96.3 cm³/mol. The van der Waals surface area contributed by atoms with E-state index in [0.29, 0.717) is 17.7 Å². The molecule has 8 heteroatoms. The van der Waals surface area contributed by atoms with Gasteiger partial charge in [0.15, 0.2) is 5.96 Å². The molecule has 2 heterocycles. The summed E-state index contributed by atoms with van der Waals surface area (Å²) in [6, 6.07) is 0. The minimum Gasteiger partial charge on any atom is -0.480 e. The summed E-state index contributed by atoms with van der Waals surface area (Å²) in [5.41, 5.74) is 0. The molecule has 1 aliphatic heterocycles. The zero-order valence-corrected chi connectivity index (χ0v) is 15.8. The number of nitrogens with one attached hydrogen (secondary N) is 1. The van der Waals surface area contributed by atoms with Gasteiger partial charge in [-0.15, -0.1) is 0 Å². The van der Waals surface area contributed by atoms with Crippen molar-refractivity contribution in [2.45, 2.75) is 13.8 Å². The van der Waals surface area contributed by atoms with Crippen LogP contribution in [-0.2, 0) is 0 Å². The van der Waals surface area contributed by atoms with E-state index < -0.39 is 0 Å². The number of piperazine rings is 1. The van der Waals surface area contributed by atoms with E-state index in [0.717, 1.165) is 43.2 Å². The van der Waals surface area contributed by atoms with Gasteiger partial charge in [0, 0.05) is 39.8 Å². The molecule has 0 saturated carbocycles. The van der Waals surface area contributed by atoms with Gasteiger partial charge in [-0.25, -0.2) is 4.98 Å².